The van der Waals surface area contributed by atoms with Crippen LogP contribution >= 0.6 is 11.6 Å². The molecule has 1 atom stereocenters. The number of nitrogens with one attached hydrogen (secondary N) is 1. The molecule has 0 amide bonds. The van der Waals surface area contributed by atoms with Crippen LogP contribution in [0.25, 0.3) is 0 Å². The van der Waals surface area contributed by atoms with E-state index in [1.54, 1.807) is 21.9 Å². The Bertz CT molecular complexity index is 897. The number of pyridine rings is 1. The van der Waals surface area contributed by atoms with Gasteiger partial charge in [-0.1, -0.05) is 11.6 Å². The number of amidine groups is 1. The molecule has 0 bridgehead atoms. The molecule has 1 aliphatic rings. The Morgan fingerprint density at radius 1 is 1.21 bits per heavy atom. The van der Waals surface area contributed by atoms with E-state index in [1.807, 2.05) is 6.07 Å². The van der Waals surface area contributed by atoms with Gasteiger partial charge in [-0.05, 0) is 12.1 Å². The molecule has 2 heterocycles. The van der Waals surface area contributed by atoms with E-state index >= 15 is 0 Å². The summed E-state index contributed by atoms with van der Waals surface area (Å²) in [6.45, 7) is 1.26. The van der Waals surface area contributed by atoms with Crippen LogP contribution in [-0.4, -0.2) is 41.9 Å². The second-order valence-corrected chi connectivity index (χ2v) is 6.20. The van der Waals surface area contributed by atoms with Gasteiger partial charge in [-0.2, -0.15) is 29.0 Å². The van der Waals surface area contributed by atoms with E-state index in [9.17, 15) is 18.4 Å². The predicted octanol–water partition coefficient (Wildman–Crippen LogP) is 2.97. The van der Waals surface area contributed by atoms with Gasteiger partial charge in [0, 0.05) is 32.4 Å². The van der Waals surface area contributed by atoms with Gasteiger partial charge in [-0.3, -0.25) is 5.41 Å². The van der Waals surface area contributed by atoms with Crippen LogP contribution in [0.15, 0.2) is 23.9 Å². The highest BCUT2D eigenvalue weighted by molar-refractivity contribution is 6.33. The van der Waals surface area contributed by atoms with Crippen molar-refractivity contribution in [3.05, 3.63) is 34.5 Å². The molecule has 0 aliphatic carbocycles. The quantitative estimate of drug-likeness (QED) is 0.468. The van der Waals surface area contributed by atoms with E-state index in [4.69, 9.17) is 27.5 Å². The van der Waals surface area contributed by atoms with E-state index in [-0.39, 0.29) is 22.2 Å². The lowest BCUT2D eigenvalue weighted by Crippen LogP contribution is -2.50. The molecule has 1 aromatic heterocycles. The van der Waals surface area contributed by atoms with Gasteiger partial charge in [0.1, 0.15) is 35.3 Å². The normalized spacial score (nSPS) is 15.0. The summed E-state index contributed by atoms with van der Waals surface area (Å²) in [4.78, 5) is 7.12. The van der Waals surface area contributed by atoms with Crippen molar-refractivity contribution >= 4 is 23.3 Å². The molecule has 144 valence electrons. The fraction of sp³-hybridized carbons (Fsp3) is 0.353. The molecule has 1 fully saturated rings. The molecular weight excluding hydrogens is 395 g/mol. The highest BCUT2D eigenvalue weighted by Gasteiger charge is 2.32. The first-order valence-electron chi connectivity index (χ1n) is 7.94. The number of nitrogens with zero attached hydrogens (tertiary/aromatic N) is 6. The Labute approximate surface area is 164 Å². The number of nitriles is 3. The summed E-state index contributed by atoms with van der Waals surface area (Å²) in [7, 11) is 0. The first-order valence-corrected chi connectivity index (χ1v) is 8.31. The highest BCUT2D eigenvalue weighted by Crippen LogP contribution is 2.33. The zero-order valence-electron chi connectivity index (χ0n) is 14.3. The van der Waals surface area contributed by atoms with Crippen LogP contribution in [0.1, 0.15) is 5.56 Å². The van der Waals surface area contributed by atoms with Gasteiger partial charge in [0.05, 0.1) is 16.7 Å². The van der Waals surface area contributed by atoms with Crippen LogP contribution in [0.3, 0.4) is 0 Å². The van der Waals surface area contributed by atoms with E-state index in [0.29, 0.717) is 26.2 Å². The van der Waals surface area contributed by atoms with Gasteiger partial charge in [0.2, 0.25) is 0 Å². The van der Waals surface area contributed by atoms with E-state index < -0.39 is 17.7 Å². The lowest BCUT2D eigenvalue weighted by atomic mass is 10.1. The number of anilines is 1. The van der Waals surface area contributed by atoms with E-state index in [0.717, 1.165) is 18.3 Å². The fourth-order valence-electron chi connectivity index (χ4n) is 2.62. The molecule has 0 radical (unpaired) electrons. The molecule has 0 aromatic carbocycles. The molecule has 1 saturated heterocycles. The molecule has 0 spiro atoms. The van der Waals surface area contributed by atoms with Crippen LogP contribution in [0.2, 0.25) is 5.02 Å². The Morgan fingerprint density at radius 3 is 2.29 bits per heavy atom. The standard InChI is InChI=1S/C17H13ClF3N7/c18-14-6-13(17(19,20)21)10-26-16(14)28-3-1-27(2-4-28)15(25)12(9-24)5-11(7-22)8-23/h5-6,10,12,25H,1-4H2. The number of halogens is 4. The third-order valence-electron chi connectivity index (χ3n) is 4.08. The third-order valence-corrected chi connectivity index (χ3v) is 4.36. The fourth-order valence-corrected chi connectivity index (χ4v) is 2.90. The van der Waals surface area contributed by atoms with Crippen molar-refractivity contribution < 1.29 is 13.2 Å². The zero-order valence-corrected chi connectivity index (χ0v) is 15.1. The number of hydrogen-bond donors (Lipinski definition) is 1. The largest absolute Gasteiger partial charge is 0.417 e. The molecule has 1 aliphatic heterocycles. The van der Waals surface area contributed by atoms with Gasteiger partial charge < -0.3 is 9.80 Å². The molecule has 11 heteroatoms. The van der Waals surface area contributed by atoms with E-state index in [1.165, 1.54) is 0 Å². The van der Waals surface area contributed by atoms with Crippen LogP contribution < -0.4 is 4.90 Å². The van der Waals surface area contributed by atoms with Crippen LogP contribution in [0, 0.1) is 45.3 Å². The van der Waals surface area contributed by atoms with Crippen LogP contribution in [0.4, 0.5) is 19.0 Å². The smallest absolute Gasteiger partial charge is 0.356 e. The van der Waals surface area contributed by atoms with Gasteiger partial charge in [0.15, 0.2) is 0 Å². The summed E-state index contributed by atoms with van der Waals surface area (Å²) in [6.07, 6.45) is -2.69. The first kappa shape index (κ1) is 21.0. The Balaban J connectivity index is 2.08. The highest BCUT2D eigenvalue weighted by atomic mass is 35.5. The van der Waals surface area contributed by atoms with Crippen molar-refractivity contribution in [1.29, 1.82) is 21.2 Å². The first-order chi connectivity index (χ1) is 13.2. The SMILES string of the molecule is N#CC(C#N)=CC(C#N)C(=N)N1CCN(c2ncc(C(F)(F)F)cc2Cl)CC1. The van der Waals surface area contributed by atoms with Crippen LogP contribution in [0.5, 0.6) is 0 Å². The van der Waals surface area contributed by atoms with Crippen molar-refractivity contribution in [2.75, 3.05) is 31.1 Å². The summed E-state index contributed by atoms with van der Waals surface area (Å²) >= 11 is 5.96. The Morgan fingerprint density at radius 2 is 1.82 bits per heavy atom. The predicted molar refractivity (Wildman–Crippen MR) is 94.2 cm³/mol. The number of aromatic nitrogens is 1. The maximum Gasteiger partial charge on any atom is 0.417 e. The molecule has 2 rings (SSSR count). The summed E-state index contributed by atoms with van der Waals surface area (Å²) < 4.78 is 38.2. The van der Waals surface area contributed by atoms with Gasteiger partial charge >= 0.3 is 6.18 Å². The Kier molecular flexibility index (Phi) is 6.45. The van der Waals surface area contributed by atoms with Crippen LogP contribution in [-0.2, 0) is 6.18 Å². The topological polar surface area (TPSA) is 115 Å². The molecule has 0 saturated carbocycles. The van der Waals surface area contributed by atoms with Crippen molar-refractivity contribution in [3.63, 3.8) is 0 Å². The molecule has 1 N–H and O–H groups in total. The molecule has 1 unspecified atom stereocenters. The monoisotopic (exact) mass is 407 g/mol. The second kappa shape index (κ2) is 8.60. The molecular formula is C17H13ClF3N7. The molecule has 7 nitrogen and oxygen atoms in total. The third kappa shape index (κ3) is 4.70. The van der Waals surface area contributed by atoms with Gasteiger partial charge in [0.25, 0.3) is 0 Å². The van der Waals surface area contributed by atoms with E-state index in [2.05, 4.69) is 4.98 Å². The minimum absolute atomic E-state index is 0.0587. The average Bonchev–Trinajstić information content (AvgIpc) is 2.68. The lowest BCUT2D eigenvalue weighted by molar-refractivity contribution is -0.137. The second-order valence-electron chi connectivity index (χ2n) is 5.80. The van der Waals surface area contributed by atoms with Crippen molar-refractivity contribution in [2.24, 2.45) is 5.92 Å². The summed E-state index contributed by atoms with van der Waals surface area (Å²) in [6, 6.07) is 5.99. The maximum absolute atomic E-state index is 12.7. The minimum Gasteiger partial charge on any atom is -0.356 e. The van der Waals surface area contributed by atoms with Crippen molar-refractivity contribution in [1.82, 2.24) is 9.88 Å². The van der Waals surface area contributed by atoms with Gasteiger partial charge in [-0.25, -0.2) is 4.98 Å². The number of rotatable bonds is 3. The van der Waals surface area contributed by atoms with Crippen molar-refractivity contribution in [2.45, 2.75) is 6.18 Å². The summed E-state index contributed by atoms with van der Waals surface area (Å²) in [5.41, 5.74) is -1.19. The summed E-state index contributed by atoms with van der Waals surface area (Å²) in [5.74, 6) is -0.890. The molecule has 28 heavy (non-hydrogen) atoms. The summed E-state index contributed by atoms with van der Waals surface area (Å²) in [5, 5.41) is 34.8. The zero-order chi connectivity index (χ0) is 20.9. The lowest BCUT2D eigenvalue weighted by Gasteiger charge is -2.37. The molecule has 1 aromatic rings. The Hall–Kier alpha value is -3.29. The number of alkyl halides is 3. The van der Waals surface area contributed by atoms with Gasteiger partial charge in [-0.15, -0.1) is 0 Å². The number of hydrogen-bond acceptors (Lipinski definition) is 6. The maximum atomic E-state index is 12.7. The number of piperazine rings is 1. The van der Waals surface area contributed by atoms with Crippen molar-refractivity contribution in [3.8, 4) is 18.2 Å². The number of allylic oxidation sites excluding steroid dienone is 1. The average molecular weight is 408 g/mol. The minimum atomic E-state index is -4.53.